The van der Waals surface area contributed by atoms with E-state index in [9.17, 15) is 17.6 Å². The van der Waals surface area contributed by atoms with E-state index in [1.54, 1.807) is 0 Å². The predicted octanol–water partition coefficient (Wildman–Crippen LogP) is 1.55. The van der Waals surface area contributed by atoms with Crippen LogP contribution >= 0.6 is 0 Å². The molecule has 2 unspecified atom stereocenters. The summed E-state index contributed by atoms with van der Waals surface area (Å²) in [7, 11) is 0. The molecule has 1 heterocycles. The van der Waals surface area contributed by atoms with Gasteiger partial charge in [-0.25, -0.2) is 13.7 Å². The molecule has 5 heteroatoms. The first-order valence-corrected chi connectivity index (χ1v) is 2.89. The molecule has 0 saturated carbocycles. The lowest BCUT2D eigenvalue weighted by atomic mass is 10.5. The summed E-state index contributed by atoms with van der Waals surface area (Å²) >= 11 is 0. The van der Waals surface area contributed by atoms with E-state index < -0.39 is 18.5 Å². The molecule has 1 fully saturated rings. The van der Waals surface area contributed by atoms with Crippen LogP contribution in [0.4, 0.5) is 17.6 Å². The van der Waals surface area contributed by atoms with Gasteiger partial charge in [0.15, 0.2) is 0 Å². The van der Waals surface area contributed by atoms with Crippen molar-refractivity contribution in [2.75, 3.05) is 6.54 Å². The van der Waals surface area contributed by atoms with Crippen molar-refractivity contribution in [1.29, 1.82) is 0 Å². The summed E-state index contributed by atoms with van der Waals surface area (Å²) in [5.41, 5.74) is 0. The smallest absolute Gasteiger partial charge is 0.234 e. The molecule has 1 aliphatic rings. The third kappa shape index (κ3) is 1.10. The van der Waals surface area contributed by atoms with Crippen molar-refractivity contribution < 1.29 is 17.6 Å². The van der Waals surface area contributed by atoms with Gasteiger partial charge in [-0.15, -0.1) is 0 Å². The van der Waals surface area contributed by atoms with Crippen LogP contribution in [-0.4, -0.2) is 30.0 Å². The second kappa shape index (κ2) is 2.08. The third-order valence-electron chi connectivity index (χ3n) is 1.50. The van der Waals surface area contributed by atoms with Crippen molar-refractivity contribution in [2.45, 2.75) is 25.4 Å². The second-order valence-electron chi connectivity index (χ2n) is 2.39. The Morgan fingerprint density at radius 3 is 2.00 bits per heavy atom. The third-order valence-corrected chi connectivity index (χ3v) is 1.50. The van der Waals surface area contributed by atoms with E-state index >= 15 is 0 Å². The van der Waals surface area contributed by atoms with Gasteiger partial charge in [-0.05, 0) is 6.92 Å². The molecule has 0 aliphatic carbocycles. The minimum Gasteiger partial charge on any atom is -0.234 e. The van der Waals surface area contributed by atoms with Gasteiger partial charge in [-0.1, -0.05) is 0 Å². The van der Waals surface area contributed by atoms with Crippen molar-refractivity contribution >= 4 is 0 Å². The number of hydrogen-bond donors (Lipinski definition) is 0. The second-order valence-corrected chi connectivity index (χ2v) is 2.39. The van der Waals surface area contributed by atoms with Crippen LogP contribution < -0.4 is 0 Å². The van der Waals surface area contributed by atoms with Crippen LogP contribution in [0.2, 0.25) is 0 Å². The van der Waals surface area contributed by atoms with Gasteiger partial charge in [0.2, 0.25) is 0 Å². The molecule has 0 aromatic rings. The van der Waals surface area contributed by atoms with Crippen molar-refractivity contribution in [3.63, 3.8) is 0 Å². The molecular weight excluding hydrogens is 150 g/mol. The molecule has 10 heavy (non-hydrogen) atoms. The summed E-state index contributed by atoms with van der Waals surface area (Å²) in [6, 6.07) is -4.32. The number of hydrogen-bond acceptors (Lipinski definition) is 1. The fraction of sp³-hybridized carbons (Fsp3) is 1.00. The Bertz CT molecular complexity index is 136. The van der Waals surface area contributed by atoms with Crippen LogP contribution in [0.3, 0.4) is 0 Å². The molecule has 0 bridgehead atoms. The van der Waals surface area contributed by atoms with Crippen molar-refractivity contribution in [2.24, 2.45) is 0 Å². The number of rotatable bonds is 2. The Hall–Kier alpha value is -0.320. The maximum Gasteiger partial charge on any atom is 0.365 e. The van der Waals surface area contributed by atoms with Gasteiger partial charge in [0.25, 0.3) is 0 Å². The zero-order valence-electron chi connectivity index (χ0n) is 5.32. The molecule has 2 atom stereocenters. The minimum absolute atomic E-state index is 0.0668. The first-order valence-electron chi connectivity index (χ1n) is 2.89. The Balaban J connectivity index is 2.52. The van der Waals surface area contributed by atoms with E-state index in [1.807, 2.05) is 0 Å². The highest BCUT2D eigenvalue weighted by Crippen LogP contribution is 2.36. The van der Waals surface area contributed by atoms with Crippen LogP contribution in [0.25, 0.3) is 0 Å². The Kier molecular flexibility index (Phi) is 1.62. The van der Waals surface area contributed by atoms with Gasteiger partial charge < -0.3 is 0 Å². The zero-order chi connectivity index (χ0) is 7.94. The van der Waals surface area contributed by atoms with Crippen LogP contribution in [0.1, 0.15) is 6.92 Å². The van der Waals surface area contributed by atoms with Crippen molar-refractivity contribution in [3.05, 3.63) is 0 Å². The van der Waals surface area contributed by atoms with Gasteiger partial charge in [-0.2, -0.15) is 8.78 Å². The van der Waals surface area contributed by atoms with Gasteiger partial charge in [-0.3, -0.25) is 0 Å². The molecule has 0 aromatic heterocycles. The first kappa shape index (κ1) is 7.78. The molecule has 0 N–H and O–H groups in total. The molecular formula is C5H7F4N. The standard InChI is InChI=1S/C5H7F4N/c1-3-2-10(3)5(8,9)4(6)7/h3-4H,2H2,1H3. The number of alkyl halides is 4. The summed E-state index contributed by atoms with van der Waals surface area (Å²) in [5, 5.41) is 0. The highest BCUT2D eigenvalue weighted by molar-refractivity contribution is 4.91. The molecule has 1 aliphatic heterocycles. The highest BCUT2D eigenvalue weighted by Gasteiger charge is 2.55. The molecule has 1 saturated heterocycles. The van der Waals surface area contributed by atoms with Crippen LogP contribution in [0.5, 0.6) is 0 Å². The van der Waals surface area contributed by atoms with Gasteiger partial charge in [0, 0.05) is 12.6 Å². The lowest BCUT2D eigenvalue weighted by Gasteiger charge is -2.15. The Morgan fingerprint density at radius 2 is 1.90 bits per heavy atom. The fourth-order valence-electron chi connectivity index (χ4n) is 0.778. The van der Waals surface area contributed by atoms with E-state index in [4.69, 9.17) is 0 Å². The zero-order valence-corrected chi connectivity index (χ0v) is 5.32. The SMILES string of the molecule is CC1CN1C(F)(F)C(F)F. The van der Waals surface area contributed by atoms with Crippen molar-refractivity contribution in [3.8, 4) is 0 Å². The van der Waals surface area contributed by atoms with Gasteiger partial charge in [0.1, 0.15) is 0 Å². The van der Waals surface area contributed by atoms with Crippen LogP contribution in [0.15, 0.2) is 0 Å². The normalized spacial score (nSPS) is 33.0. The van der Waals surface area contributed by atoms with Crippen molar-refractivity contribution in [1.82, 2.24) is 4.90 Å². The van der Waals surface area contributed by atoms with E-state index in [1.165, 1.54) is 6.92 Å². The van der Waals surface area contributed by atoms with Gasteiger partial charge in [0.05, 0.1) is 0 Å². The molecule has 0 amide bonds. The average Bonchev–Trinajstić information content (AvgIpc) is 2.46. The summed E-state index contributed by atoms with van der Waals surface area (Å²) in [6.45, 7) is 1.55. The van der Waals surface area contributed by atoms with Crippen LogP contribution in [0, 0.1) is 0 Å². The van der Waals surface area contributed by atoms with E-state index in [0.717, 1.165) is 0 Å². The molecule has 0 spiro atoms. The number of halogens is 4. The maximum atomic E-state index is 12.2. The van der Waals surface area contributed by atoms with E-state index in [-0.39, 0.29) is 6.54 Å². The van der Waals surface area contributed by atoms with E-state index in [0.29, 0.717) is 4.90 Å². The Morgan fingerprint density at radius 1 is 1.50 bits per heavy atom. The first-order chi connectivity index (χ1) is 4.46. The monoisotopic (exact) mass is 157 g/mol. The van der Waals surface area contributed by atoms with Crippen LogP contribution in [-0.2, 0) is 0 Å². The summed E-state index contributed by atoms with van der Waals surface area (Å²) in [6.07, 6.45) is -3.57. The summed E-state index contributed by atoms with van der Waals surface area (Å²) in [5.74, 6) is 0. The maximum absolute atomic E-state index is 12.2. The fourth-order valence-corrected chi connectivity index (χ4v) is 0.778. The average molecular weight is 157 g/mol. The van der Waals surface area contributed by atoms with Gasteiger partial charge >= 0.3 is 12.5 Å². The molecule has 1 nitrogen and oxygen atoms in total. The highest BCUT2D eigenvalue weighted by atomic mass is 19.3. The molecule has 60 valence electrons. The number of nitrogens with zero attached hydrogens (tertiary/aromatic N) is 1. The topological polar surface area (TPSA) is 3.01 Å². The van der Waals surface area contributed by atoms with E-state index in [2.05, 4.69) is 0 Å². The molecule has 0 radical (unpaired) electrons. The quantitative estimate of drug-likeness (QED) is 0.334. The summed E-state index contributed by atoms with van der Waals surface area (Å²) in [4.78, 5) is 0.470. The lowest BCUT2D eigenvalue weighted by Crippen LogP contribution is -2.36. The molecule has 0 aromatic carbocycles. The molecule has 1 rings (SSSR count). The lowest BCUT2D eigenvalue weighted by molar-refractivity contribution is -0.193. The minimum atomic E-state index is -3.92. The Labute approximate surface area is 55.6 Å². The predicted molar refractivity (Wildman–Crippen MR) is 27.1 cm³/mol. The summed E-state index contributed by atoms with van der Waals surface area (Å²) < 4.78 is 47.3. The largest absolute Gasteiger partial charge is 0.365 e.